The van der Waals surface area contributed by atoms with Crippen molar-refractivity contribution in [3.8, 4) is 0 Å². The van der Waals surface area contributed by atoms with E-state index in [1.54, 1.807) is 0 Å². The molecule has 1 unspecified atom stereocenters. The Kier molecular flexibility index (Phi) is 6.00. The molecule has 1 aliphatic rings. The summed E-state index contributed by atoms with van der Waals surface area (Å²) < 4.78 is 0. The number of nitrogens with one attached hydrogen (secondary N) is 3. The monoisotopic (exact) mass is 342 g/mol. The standard InChI is InChI=1S/C18H26N6O/c1-2-16-21-17(23-22-16)13-24-11-7-6-10-15(24)12-19-18(25)20-14-8-4-3-5-9-14/h3-5,8-9,15H,2,6-7,10-13H2,1H3,(H2,19,20,25)(H,21,22,23). The number of benzene rings is 1. The normalized spacial score (nSPS) is 18.0. The molecule has 7 nitrogen and oxygen atoms in total. The number of hydrogen-bond donors (Lipinski definition) is 3. The van der Waals surface area contributed by atoms with Crippen LogP contribution in [0.1, 0.15) is 37.8 Å². The number of anilines is 1. The van der Waals surface area contributed by atoms with E-state index in [4.69, 9.17) is 0 Å². The summed E-state index contributed by atoms with van der Waals surface area (Å²) in [7, 11) is 0. The average molecular weight is 342 g/mol. The second-order valence-electron chi connectivity index (χ2n) is 6.37. The van der Waals surface area contributed by atoms with E-state index < -0.39 is 0 Å². The summed E-state index contributed by atoms with van der Waals surface area (Å²) in [5, 5.41) is 13.1. The number of aromatic amines is 1. The van der Waals surface area contributed by atoms with Crippen LogP contribution in [0.3, 0.4) is 0 Å². The molecular formula is C18H26N6O. The molecule has 1 aliphatic heterocycles. The highest BCUT2D eigenvalue weighted by Crippen LogP contribution is 2.18. The van der Waals surface area contributed by atoms with E-state index in [-0.39, 0.29) is 6.03 Å². The zero-order chi connectivity index (χ0) is 17.5. The third-order valence-electron chi connectivity index (χ3n) is 4.53. The van der Waals surface area contributed by atoms with Crippen molar-refractivity contribution >= 4 is 11.7 Å². The molecule has 3 rings (SSSR count). The molecule has 1 saturated heterocycles. The molecule has 0 radical (unpaired) electrons. The molecule has 1 aromatic carbocycles. The molecule has 2 amide bonds. The molecule has 25 heavy (non-hydrogen) atoms. The van der Waals surface area contributed by atoms with Gasteiger partial charge in [-0.05, 0) is 31.5 Å². The lowest BCUT2D eigenvalue weighted by atomic mass is 10.0. The topological polar surface area (TPSA) is 85.9 Å². The minimum absolute atomic E-state index is 0.162. The SMILES string of the molecule is CCc1n[nH]c(CN2CCCCC2CNC(=O)Nc2ccccc2)n1. The fourth-order valence-electron chi connectivity index (χ4n) is 3.16. The van der Waals surface area contributed by atoms with Gasteiger partial charge in [-0.3, -0.25) is 10.00 Å². The maximum Gasteiger partial charge on any atom is 0.319 e. The molecular weight excluding hydrogens is 316 g/mol. The Balaban J connectivity index is 1.51. The lowest BCUT2D eigenvalue weighted by Crippen LogP contribution is -2.47. The van der Waals surface area contributed by atoms with Crippen molar-refractivity contribution in [2.45, 2.75) is 45.2 Å². The van der Waals surface area contributed by atoms with Crippen molar-refractivity contribution in [1.29, 1.82) is 0 Å². The van der Waals surface area contributed by atoms with Crippen LogP contribution in [0.5, 0.6) is 0 Å². The van der Waals surface area contributed by atoms with Gasteiger partial charge in [-0.15, -0.1) is 0 Å². The molecule has 134 valence electrons. The second kappa shape index (κ2) is 8.62. The number of carbonyl (C=O) groups excluding carboxylic acids is 1. The lowest BCUT2D eigenvalue weighted by molar-refractivity contribution is 0.135. The van der Waals surface area contributed by atoms with E-state index in [0.717, 1.165) is 43.3 Å². The molecule has 2 aromatic rings. The number of urea groups is 1. The number of nitrogens with zero attached hydrogens (tertiary/aromatic N) is 3. The minimum Gasteiger partial charge on any atom is -0.336 e. The number of amides is 2. The summed E-state index contributed by atoms with van der Waals surface area (Å²) in [6, 6.07) is 9.65. The van der Waals surface area contributed by atoms with E-state index in [0.29, 0.717) is 12.6 Å². The Hall–Kier alpha value is -2.41. The number of aromatic nitrogens is 3. The van der Waals surface area contributed by atoms with Gasteiger partial charge in [-0.1, -0.05) is 31.5 Å². The number of piperidine rings is 1. The molecule has 0 saturated carbocycles. The molecule has 1 fully saturated rings. The molecule has 1 aromatic heterocycles. The summed E-state index contributed by atoms with van der Waals surface area (Å²) in [5.74, 6) is 1.75. The maximum absolute atomic E-state index is 12.1. The smallest absolute Gasteiger partial charge is 0.319 e. The average Bonchev–Trinajstić information content (AvgIpc) is 3.09. The molecule has 7 heteroatoms. The molecule has 0 aliphatic carbocycles. The molecule has 3 N–H and O–H groups in total. The van der Waals surface area contributed by atoms with Crippen LogP contribution in [-0.4, -0.2) is 45.2 Å². The van der Waals surface area contributed by atoms with E-state index in [2.05, 4.69) is 30.7 Å². The van der Waals surface area contributed by atoms with E-state index >= 15 is 0 Å². The Morgan fingerprint density at radius 2 is 2.16 bits per heavy atom. The van der Waals surface area contributed by atoms with Gasteiger partial charge < -0.3 is 10.6 Å². The largest absolute Gasteiger partial charge is 0.336 e. The predicted molar refractivity (Wildman–Crippen MR) is 97.3 cm³/mol. The minimum atomic E-state index is -0.162. The fourth-order valence-corrected chi connectivity index (χ4v) is 3.16. The number of aryl methyl sites for hydroxylation is 1. The maximum atomic E-state index is 12.1. The Labute approximate surface area is 148 Å². The van der Waals surface area contributed by atoms with Crippen molar-refractivity contribution in [3.63, 3.8) is 0 Å². The summed E-state index contributed by atoms with van der Waals surface area (Å²) in [6.07, 6.45) is 4.29. The van der Waals surface area contributed by atoms with Gasteiger partial charge in [-0.2, -0.15) is 5.10 Å². The van der Waals surface area contributed by atoms with Crippen molar-refractivity contribution in [2.75, 3.05) is 18.4 Å². The third kappa shape index (κ3) is 5.03. The van der Waals surface area contributed by atoms with Crippen LogP contribution < -0.4 is 10.6 Å². The predicted octanol–water partition coefficient (Wildman–Crippen LogP) is 2.54. The number of likely N-dealkylation sites (tertiary alicyclic amines) is 1. The lowest BCUT2D eigenvalue weighted by Gasteiger charge is -2.35. The first kappa shape index (κ1) is 17.4. The highest BCUT2D eigenvalue weighted by molar-refractivity contribution is 5.89. The molecule has 0 bridgehead atoms. The number of H-pyrrole nitrogens is 1. The van der Waals surface area contributed by atoms with Crippen LogP contribution in [0.25, 0.3) is 0 Å². The van der Waals surface area contributed by atoms with Gasteiger partial charge >= 0.3 is 6.03 Å². The van der Waals surface area contributed by atoms with Crippen molar-refractivity contribution in [2.24, 2.45) is 0 Å². The summed E-state index contributed by atoms with van der Waals surface area (Å²) in [6.45, 7) is 4.45. The van der Waals surface area contributed by atoms with Gasteiger partial charge in [0.05, 0.1) is 6.54 Å². The summed E-state index contributed by atoms with van der Waals surface area (Å²) >= 11 is 0. The van der Waals surface area contributed by atoms with Crippen molar-refractivity contribution in [1.82, 2.24) is 25.4 Å². The fraction of sp³-hybridized carbons (Fsp3) is 0.500. The highest BCUT2D eigenvalue weighted by atomic mass is 16.2. The number of hydrogen-bond acceptors (Lipinski definition) is 4. The Morgan fingerprint density at radius 3 is 2.92 bits per heavy atom. The van der Waals surface area contributed by atoms with Crippen LogP contribution in [-0.2, 0) is 13.0 Å². The zero-order valence-electron chi connectivity index (χ0n) is 14.7. The van der Waals surface area contributed by atoms with Crippen molar-refractivity contribution in [3.05, 3.63) is 42.0 Å². The highest BCUT2D eigenvalue weighted by Gasteiger charge is 2.24. The van der Waals surface area contributed by atoms with Crippen LogP contribution in [0.15, 0.2) is 30.3 Å². The Bertz CT molecular complexity index is 671. The molecule has 1 atom stereocenters. The second-order valence-corrected chi connectivity index (χ2v) is 6.37. The summed E-state index contributed by atoms with van der Waals surface area (Å²) in [4.78, 5) is 19.0. The van der Waals surface area contributed by atoms with Crippen LogP contribution in [0.2, 0.25) is 0 Å². The van der Waals surface area contributed by atoms with Gasteiger partial charge in [-0.25, -0.2) is 9.78 Å². The van der Waals surface area contributed by atoms with Gasteiger partial charge in [0.2, 0.25) is 0 Å². The van der Waals surface area contributed by atoms with Crippen LogP contribution >= 0.6 is 0 Å². The van der Waals surface area contributed by atoms with Gasteiger partial charge in [0.1, 0.15) is 11.6 Å². The summed E-state index contributed by atoms with van der Waals surface area (Å²) in [5.41, 5.74) is 0.800. The number of para-hydroxylation sites is 1. The van der Waals surface area contributed by atoms with Crippen LogP contribution in [0.4, 0.5) is 10.5 Å². The number of carbonyl (C=O) groups is 1. The first-order valence-electron chi connectivity index (χ1n) is 8.98. The van der Waals surface area contributed by atoms with E-state index in [9.17, 15) is 4.79 Å². The van der Waals surface area contributed by atoms with E-state index in [1.807, 2.05) is 37.3 Å². The van der Waals surface area contributed by atoms with Gasteiger partial charge in [0.15, 0.2) is 0 Å². The first-order valence-corrected chi connectivity index (χ1v) is 8.98. The van der Waals surface area contributed by atoms with Gasteiger partial charge in [0, 0.05) is 24.7 Å². The molecule has 2 heterocycles. The quantitative estimate of drug-likeness (QED) is 0.753. The third-order valence-corrected chi connectivity index (χ3v) is 4.53. The van der Waals surface area contributed by atoms with E-state index in [1.165, 1.54) is 12.8 Å². The number of rotatable bonds is 6. The molecule has 0 spiro atoms. The van der Waals surface area contributed by atoms with Crippen LogP contribution in [0, 0.1) is 0 Å². The zero-order valence-corrected chi connectivity index (χ0v) is 14.7. The van der Waals surface area contributed by atoms with Gasteiger partial charge in [0.25, 0.3) is 0 Å². The van der Waals surface area contributed by atoms with Crippen molar-refractivity contribution < 1.29 is 4.79 Å². The first-order chi connectivity index (χ1) is 12.2. The Morgan fingerprint density at radius 1 is 1.32 bits per heavy atom.